The predicted octanol–water partition coefficient (Wildman–Crippen LogP) is -0.215. The summed E-state index contributed by atoms with van der Waals surface area (Å²) in [7, 11) is -6.46. The fourth-order valence-corrected chi connectivity index (χ4v) is 2.14. The lowest BCUT2D eigenvalue weighted by molar-refractivity contribution is 0.586. The van der Waals surface area contributed by atoms with Crippen molar-refractivity contribution in [3.8, 4) is 0 Å². The van der Waals surface area contributed by atoms with Gasteiger partial charge in [-0.15, -0.1) is 0 Å². The summed E-state index contributed by atoms with van der Waals surface area (Å²) in [6, 6.07) is 7.03. The highest BCUT2D eigenvalue weighted by Gasteiger charge is 2.04. The largest absolute Gasteiger partial charge is 0.213 e. The molecule has 0 saturated heterocycles. The topological polar surface area (TPSA) is 92.3 Å². The molecule has 8 heteroatoms. The zero-order chi connectivity index (χ0) is 13.8. The van der Waals surface area contributed by atoms with Crippen LogP contribution in [0.4, 0.5) is 0 Å². The van der Waals surface area contributed by atoms with Crippen molar-refractivity contribution in [3.05, 3.63) is 35.4 Å². The summed E-state index contributed by atoms with van der Waals surface area (Å²) in [5.74, 6) is 0. The summed E-state index contributed by atoms with van der Waals surface area (Å²) in [6.45, 7) is 0.372. The fraction of sp³-hybridized carbons (Fsp3) is 0.400. The van der Waals surface area contributed by atoms with Gasteiger partial charge in [0.15, 0.2) is 0 Å². The molecule has 0 heterocycles. The second-order valence-corrected chi connectivity index (χ2v) is 7.67. The Morgan fingerprint density at radius 1 is 0.889 bits per heavy atom. The average Bonchev–Trinajstić information content (AvgIpc) is 2.22. The van der Waals surface area contributed by atoms with Crippen molar-refractivity contribution in [1.29, 1.82) is 0 Å². The van der Waals surface area contributed by atoms with Gasteiger partial charge in [0, 0.05) is 13.1 Å². The number of nitrogens with one attached hydrogen (secondary N) is 2. The van der Waals surface area contributed by atoms with E-state index in [-0.39, 0.29) is 13.1 Å². The molecule has 0 fully saturated rings. The van der Waals surface area contributed by atoms with E-state index in [1.165, 1.54) is 0 Å². The molecule has 1 aromatic rings. The molecule has 1 rings (SSSR count). The van der Waals surface area contributed by atoms with E-state index in [9.17, 15) is 16.8 Å². The Bertz CT molecular complexity index is 557. The van der Waals surface area contributed by atoms with Crippen LogP contribution < -0.4 is 9.44 Å². The summed E-state index contributed by atoms with van der Waals surface area (Å²) in [5.41, 5.74) is 1.54. The summed E-state index contributed by atoms with van der Waals surface area (Å²) in [4.78, 5) is 0. The third-order valence-electron chi connectivity index (χ3n) is 2.07. The van der Waals surface area contributed by atoms with Gasteiger partial charge in [-0.25, -0.2) is 26.3 Å². The molecule has 2 N–H and O–H groups in total. The molecule has 0 aromatic heterocycles. The Hall–Kier alpha value is -0.960. The molecule has 0 aliphatic carbocycles. The molecule has 0 spiro atoms. The lowest BCUT2D eigenvalue weighted by Crippen LogP contribution is -2.22. The summed E-state index contributed by atoms with van der Waals surface area (Å²) in [5, 5.41) is 0. The second kappa shape index (κ2) is 5.79. The minimum absolute atomic E-state index is 0.186. The van der Waals surface area contributed by atoms with Gasteiger partial charge in [-0.3, -0.25) is 0 Å². The Kier molecular flexibility index (Phi) is 4.85. The van der Waals surface area contributed by atoms with E-state index in [0.717, 1.165) is 23.6 Å². The quantitative estimate of drug-likeness (QED) is 0.758. The van der Waals surface area contributed by atoms with Crippen molar-refractivity contribution in [1.82, 2.24) is 9.44 Å². The van der Waals surface area contributed by atoms with Crippen LogP contribution in [0.5, 0.6) is 0 Å². The van der Waals surface area contributed by atoms with E-state index in [0.29, 0.717) is 0 Å². The standard InChI is InChI=1S/C10H16N2O4S2/c1-17(13,14)11-7-9-4-3-5-10(6-9)8-12-18(2,15)16/h3-6,11-12H,7-8H2,1-2H3. The van der Waals surface area contributed by atoms with Crippen LogP contribution in [0.1, 0.15) is 11.1 Å². The van der Waals surface area contributed by atoms with Gasteiger partial charge >= 0.3 is 0 Å². The van der Waals surface area contributed by atoms with E-state index in [2.05, 4.69) is 9.44 Å². The van der Waals surface area contributed by atoms with E-state index < -0.39 is 20.0 Å². The van der Waals surface area contributed by atoms with Gasteiger partial charge in [0.1, 0.15) is 0 Å². The number of benzene rings is 1. The molecule has 0 aliphatic heterocycles. The van der Waals surface area contributed by atoms with Gasteiger partial charge in [0.25, 0.3) is 0 Å². The van der Waals surface area contributed by atoms with Crippen molar-refractivity contribution in [3.63, 3.8) is 0 Å². The Morgan fingerprint density at radius 2 is 1.28 bits per heavy atom. The number of rotatable bonds is 6. The highest BCUT2D eigenvalue weighted by atomic mass is 32.2. The van der Waals surface area contributed by atoms with Crippen molar-refractivity contribution in [2.45, 2.75) is 13.1 Å². The summed E-state index contributed by atoms with van der Waals surface area (Å²) in [6.07, 6.45) is 2.17. The Labute approximate surface area is 108 Å². The highest BCUT2D eigenvalue weighted by Crippen LogP contribution is 2.05. The molecule has 0 atom stereocenters. The van der Waals surface area contributed by atoms with Crippen LogP contribution in [0, 0.1) is 0 Å². The third kappa shape index (κ3) is 6.70. The maximum atomic E-state index is 10.9. The van der Waals surface area contributed by atoms with E-state index in [1.807, 2.05) is 0 Å². The molecule has 6 nitrogen and oxygen atoms in total. The first-order valence-electron chi connectivity index (χ1n) is 5.13. The van der Waals surface area contributed by atoms with Crippen molar-refractivity contribution >= 4 is 20.0 Å². The van der Waals surface area contributed by atoms with E-state index in [4.69, 9.17) is 0 Å². The van der Waals surface area contributed by atoms with Crippen LogP contribution in [0.15, 0.2) is 24.3 Å². The predicted molar refractivity (Wildman–Crippen MR) is 69.8 cm³/mol. The van der Waals surface area contributed by atoms with Crippen LogP contribution in [-0.2, 0) is 33.1 Å². The lowest BCUT2D eigenvalue weighted by atomic mass is 10.1. The number of sulfonamides is 2. The van der Waals surface area contributed by atoms with Crippen molar-refractivity contribution in [2.24, 2.45) is 0 Å². The molecule has 0 unspecified atom stereocenters. The van der Waals surface area contributed by atoms with Gasteiger partial charge in [-0.05, 0) is 11.1 Å². The maximum absolute atomic E-state index is 10.9. The van der Waals surface area contributed by atoms with Crippen molar-refractivity contribution < 1.29 is 16.8 Å². The minimum Gasteiger partial charge on any atom is -0.213 e. The van der Waals surface area contributed by atoms with Crippen LogP contribution in [0.3, 0.4) is 0 Å². The molecule has 102 valence electrons. The molecule has 0 aliphatic rings. The Balaban J connectivity index is 2.68. The molecule has 1 aromatic carbocycles. The SMILES string of the molecule is CS(=O)(=O)NCc1cccc(CNS(C)(=O)=O)c1. The van der Waals surface area contributed by atoms with Crippen molar-refractivity contribution in [2.75, 3.05) is 12.5 Å². The van der Waals surface area contributed by atoms with Crippen LogP contribution in [0.2, 0.25) is 0 Å². The lowest BCUT2D eigenvalue weighted by Gasteiger charge is -2.06. The first-order chi connectivity index (χ1) is 8.16. The normalized spacial score (nSPS) is 12.6. The van der Waals surface area contributed by atoms with Gasteiger partial charge in [-0.1, -0.05) is 24.3 Å². The molecular formula is C10H16N2O4S2. The van der Waals surface area contributed by atoms with Gasteiger partial charge < -0.3 is 0 Å². The minimum atomic E-state index is -3.23. The smallest absolute Gasteiger partial charge is 0.209 e. The van der Waals surface area contributed by atoms with Gasteiger partial charge in [-0.2, -0.15) is 0 Å². The zero-order valence-corrected chi connectivity index (χ0v) is 11.8. The monoisotopic (exact) mass is 292 g/mol. The van der Waals surface area contributed by atoms with E-state index >= 15 is 0 Å². The molecular weight excluding hydrogens is 276 g/mol. The second-order valence-electron chi connectivity index (χ2n) is 4.01. The Morgan fingerprint density at radius 3 is 1.61 bits per heavy atom. The number of hydrogen-bond donors (Lipinski definition) is 2. The number of hydrogen-bond acceptors (Lipinski definition) is 4. The molecule has 0 bridgehead atoms. The summed E-state index contributed by atoms with van der Waals surface area (Å²) >= 11 is 0. The van der Waals surface area contributed by atoms with E-state index in [1.54, 1.807) is 24.3 Å². The molecule has 0 amide bonds. The average molecular weight is 292 g/mol. The van der Waals surface area contributed by atoms with Crippen LogP contribution >= 0.6 is 0 Å². The maximum Gasteiger partial charge on any atom is 0.209 e. The summed E-state index contributed by atoms with van der Waals surface area (Å²) < 4.78 is 48.5. The molecule has 0 saturated carbocycles. The van der Waals surface area contributed by atoms with Gasteiger partial charge in [0.2, 0.25) is 20.0 Å². The van der Waals surface area contributed by atoms with Gasteiger partial charge in [0.05, 0.1) is 12.5 Å². The fourth-order valence-electron chi connectivity index (χ4n) is 1.28. The first kappa shape index (κ1) is 15.1. The molecule has 0 radical (unpaired) electrons. The first-order valence-corrected chi connectivity index (χ1v) is 8.91. The highest BCUT2D eigenvalue weighted by molar-refractivity contribution is 7.88. The molecule has 18 heavy (non-hydrogen) atoms. The van der Waals surface area contributed by atoms with Crippen LogP contribution in [0.25, 0.3) is 0 Å². The third-order valence-corrected chi connectivity index (χ3v) is 3.41. The van der Waals surface area contributed by atoms with Crippen LogP contribution in [-0.4, -0.2) is 29.3 Å². The zero-order valence-electron chi connectivity index (χ0n) is 10.2.